The number of allylic oxidation sites excluding steroid dienone is 2. The summed E-state index contributed by atoms with van der Waals surface area (Å²) in [5.41, 5.74) is 0. The Bertz CT molecular complexity index is 480. The van der Waals surface area contributed by atoms with Crippen LogP contribution in [0.25, 0.3) is 0 Å². The van der Waals surface area contributed by atoms with Crippen molar-refractivity contribution in [1.29, 1.82) is 0 Å². The van der Waals surface area contributed by atoms with E-state index in [1.807, 2.05) is 0 Å². The van der Waals surface area contributed by atoms with Crippen molar-refractivity contribution in [1.82, 2.24) is 0 Å². The maximum atomic E-state index is 11.7. The van der Waals surface area contributed by atoms with Gasteiger partial charge in [-0.25, -0.2) is 0 Å². The van der Waals surface area contributed by atoms with Crippen LogP contribution in [-0.2, 0) is 28.7 Å². The van der Waals surface area contributed by atoms with Crippen LogP contribution in [0.3, 0.4) is 0 Å². The van der Waals surface area contributed by atoms with Gasteiger partial charge in [0.05, 0.1) is 0 Å². The summed E-state index contributed by atoms with van der Waals surface area (Å²) in [4.78, 5) is 44.8. The van der Waals surface area contributed by atoms with Gasteiger partial charge in [0.2, 0.25) is 23.1 Å². The highest BCUT2D eigenvalue weighted by Crippen LogP contribution is 2.30. The van der Waals surface area contributed by atoms with E-state index in [4.69, 9.17) is 23.2 Å². The van der Waals surface area contributed by atoms with Gasteiger partial charge in [0.15, 0.2) is 0 Å². The van der Waals surface area contributed by atoms with Crippen LogP contribution in [0.5, 0.6) is 0 Å². The van der Waals surface area contributed by atoms with Gasteiger partial charge in [-0.3, -0.25) is 19.2 Å². The second-order valence-electron chi connectivity index (χ2n) is 3.13. The summed E-state index contributed by atoms with van der Waals surface area (Å²) < 4.78 is 8.98. The smallest absolute Gasteiger partial charge is 0.308 e. The molecule has 0 radical (unpaired) electrons. The minimum absolute atomic E-state index is 0.671. The number of carbonyl (C=O) groups is 4. The lowest BCUT2D eigenvalue weighted by molar-refractivity contribution is -0.142. The van der Waals surface area contributed by atoms with Gasteiger partial charge in [-0.15, -0.1) is 0 Å². The van der Waals surface area contributed by atoms with E-state index in [-0.39, 0.29) is 0 Å². The third-order valence-electron chi connectivity index (χ3n) is 1.70. The van der Waals surface area contributed by atoms with Gasteiger partial charge in [0.1, 0.15) is 10.1 Å². The summed E-state index contributed by atoms with van der Waals surface area (Å²) in [7, 11) is 0. The Kier molecular flexibility index (Phi) is 4.26. The predicted molar refractivity (Wildman–Crippen MR) is 59.3 cm³/mol. The molecule has 1 aliphatic carbocycles. The second-order valence-corrected chi connectivity index (χ2v) is 3.89. The SMILES string of the molecule is CC(=O)OC1=C(Cl)C(=O)C(OC(C)=O)=C(Cl)C1=O. The molecule has 0 saturated heterocycles. The average molecular weight is 293 g/mol. The van der Waals surface area contributed by atoms with Crippen LogP contribution in [0.15, 0.2) is 21.6 Å². The van der Waals surface area contributed by atoms with Gasteiger partial charge in [-0.05, 0) is 0 Å². The third-order valence-corrected chi connectivity index (χ3v) is 2.39. The van der Waals surface area contributed by atoms with Crippen molar-refractivity contribution < 1.29 is 28.7 Å². The zero-order valence-electron chi connectivity index (χ0n) is 9.21. The van der Waals surface area contributed by atoms with E-state index in [0.29, 0.717) is 0 Å². The van der Waals surface area contributed by atoms with Crippen LogP contribution >= 0.6 is 23.2 Å². The molecule has 0 fully saturated rings. The highest BCUT2D eigenvalue weighted by molar-refractivity contribution is 6.55. The Hall–Kier alpha value is -1.66. The Morgan fingerprint density at radius 3 is 1.33 bits per heavy atom. The van der Waals surface area contributed by atoms with Crippen LogP contribution in [-0.4, -0.2) is 23.5 Å². The van der Waals surface area contributed by atoms with Crippen molar-refractivity contribution in [3.8, 4) is 0 Å². The number of rotatable bonds is 2. The average Bonchev–Trinajstić information content (AvgIpc) is 2.27. The van der Waals surface area contributed by atoms with Crippen LogP contribution in [0.1, 0.15) is 13.8 Å². The van der Waals surface area contributed by atoms with Crippen molar-refractivity contribution in [2.24, 2.45) is 0 Å². The van der Waals surface area contributed by atoms with E-state index in [1.165, 1.54) is 0 Å². The van der Waals surface area contributed by atoms with E-state index in [2.05, 4.69) is 9.47 Å². The van der Waals surface area contributed by atoms with Crippen molar-refractivity contribution in [3.05, 3.63) is 21.6 Å². The third kappa shape index (κ3) is 2.77. The first-order valence-electron chi connectivity index (χ1n) is 4.51. The number of carbonyl (C=O) groups excluding carboxylic acids is 4. The molecule has 0 aromatic rings. The Balaban J connectivity index is 3.22. The van der Waals surface area contributed by atoms with Gasteiger partial charge in [0.25, 0.3) is 0 Å². The Morgan fingerprint density at radius 1 is 0.833 bits per heavy atom. The molecule has 0 heterocycles. The largest absolute Gasteiger partial charge is 0.421 e. The molecule has 0 aromatic heterocycles. The lowest BCUT2D eigenvalue weighted by atomic mass is 10.1. The molecule has 0 N–H and O–H groups in total. The number of hydrogen-bond acceptors (Lipinski definition) is 6. The van der Waals surface area contributed by atoms with E-state index in [0.717, 1.165) is 13.8 Å². The standard InChI is InChI=1S/C10H6Cl2O6/c1-3(13)17-9-5(11)8(16)10(18-4(2)14)6(12)7(9)15/h1-2H3. The normalized spacial score (nSPS) is 16.0. The zero-order valence-corrected chi connectivity index (χ0v) is 10.7. The first kappa shape index (κ1) is 14.4. The molecule has 96 valence electrons. The molecule has 0 aliphatic heterocycles. The molecule has 8 heteroatoms. The molecular weight excluding hydrogens is 287 g/mol. The molecule has 0 spiro atoms. The lowest BCUT2D eigenvalue weighted by Crippen LogP contribution is -2.24. The lowest BCUT2D eigenvalue weighted by Gasteiger charge is -2.15. The Labute approximate surface area is 111 Å². The van der Waals surface area contributed by atoms with Crippen molar-refractivity contribution >= 4 is 46.7 Å². The highest BCUT2D eigenvalue weighted by Gasteiger charge is 2.37. The molecule has 0 unspecified atom stereocenters. The number of ether oxygens (including phenoxy) is 2. The topological polar surface area (TPSA) is 86.7 Å². The molecule has 6 nitrogen and oxygen atoms in total. The first-order valence-corrected chi connectivity index (χ1v) is 5.27. The molecule has 0 bridgehead atoms. The number of halogens is 2. The number of esters is 2. The highest BCUT2D eigenvalue weighted by atomic mass is 35.5. The summed E-state index contributed by atoms with van der Waals surface area (Å²) in [6.45, 7) is 2.04. The molecule has 0 saturated carbocycles. The van der Waals surface area contributed by atoms with Gasteiger partial charge in [-0.2, -0.15) is 0 Å². The summed E-state index contributed by atoms with van der Waals surface area (Å²) in [5.74, 6) is -5.07. The van der Waals surface area contributed by atoms with Crippen molar-refractivity contribution in [3.63, 3.8) is 0 Å². The van der Waals surface area contributed by atoms with Crippen LogP contribution in [0.4, 0.5) is 0 Å². The number of Topliss-reactive ketones (excluding diaryl/α,β-unsaturated/α-hetero) is 2. The van der Waals surface area contributed by atoms with Crippen LogP contribution in [0.2, 0.25) is 0 Å². The Morgan fingerprint density at radius 2 is 1.11 bits per heavy atom. The zero-order chi connectivity index (χ0) is 14.0. The minimum atomic E-state index is -1.01. The van der Waals surface area contributed by atoms with Gasteiger partial charge < -0.3 is 9.47 Å². The minimum Gasteiger partial charge on any atom is -0.421 e. The van der Waals surface area contributed by atoms with E-state index >= 15 is 0 Å². The molecule has 0 amide bonds. The van der Waals surface area contributed by atoms with E-state index in [1.54, 1.807) is 0 Å². The fraction of sp³-hybridized carbons (Fsp3) is 0.200. The maximum absolute atomic E-state index is 11.7. The molecular formula is C10H6Cl2O6. The molecule has 1 aliphatic rings. The molecule has 0 aromatic carbocycles. The second kappa shape index (κ2) is 5.32. The summed E-state index contributed by atoms with van der Waals surface area (Å²) in [6.07, 6.45) is 0. The van der Waals surface area contributed by atoms with Gasteiger partial charge in [-0.1, -0.05) is 23.2 Å². The quantitative estimate of drug-likeness (QED) is 0.561. The summed E-state index contributed by atoms with van der Waals surface area (Å²) in [6, 6.07) is 0. The van der Waals surface area contributed by atoms with Crippen LogP contribution in [0, 0.1) is 0 Å². The van der Waals surface area contributed by atoms with E-state index in [9.17, 15) is 19.2 Å². The van der Waals surface area contributed by atoms with Crippen molar-refractivity contribution in [2.45, 2.75) is 13.8 Å². The number of hydrogen-bond donors (Lipinski definition) is 0. The van der Waals surface area contributed by atoms with Crippen molar-refractivity contribution in [2.75, 3.05) is 0 Å². The van der Waals surface area contributed by atoms with Gasteiger partial charge >= 0.3 is 11.9 Å². The van der Waals surface area contributed by atoms with E-state index < -0.39 is 45.1 Å². The first-order chi connectivity index (χ1) is 8.25. The number of ketones is 2. The molecule has 0 atom stereocenters. The van der Waals surface area contributed by atoms with Crippen LogP contribution < -0.4 is 0 Å². The fourth-order valence-corrected chi connectivity index (χ4v) is 1.50. The predicted octanol–water partition coefficient (Wildman–Crippen LogP) is 1.17. The molecule has 1 rings (SSSR count). The van der Waals surface area contributed by atoms with Gasteiger partial charge in [0, 0.05) is 13.8 Å². The molecule has 18 heavy (non-hydrogen) atoms. The summed E-state index contributed by atoms with van der Waals surface area (Å²) in [5, 5.41) is -1.34. The summed E-state index contributed by atoms with van der Waals surface area (Å²) >= 11 is 11.1. The maximum Gasteiger partial charge on any atom is 0.308 e. The monoisotopic (exact) mass is 292 g/mol. The fourth-order valence-electron chi connectivity index (χ4n) is 1.07.